The van der Waals surface area contributed by atoms with Crippen LogP contribution < -0.4 is 15.7 Å². The first-order valence-corrected chi connectivity index (χ1v) is 6.22. The molecule has 0 fully saturated rings. The lowest BCUT2D eigenvalue weighted by atomic mass is 9.62. The van der Waals surface area contributed by atoms with E-state index in [0.29, 0.717) is 6.07 Å². The van der Waals surface area contributed by atoms with E-state index in [1.807, 2.05) is 0 Å². The van der Waals surface area contributed by atoms with E-state index in [-0.39, 0.29) is 0 Å². The molecule has 0 spiro atoms. The maximum atomic E-state index is 14.0. The Labute approximate surface area is 126 Å². The van der Waals surface area contributed by atoms with Crippen LogP contribution in [0.5, 0.6) is 5.75 Å². The molecule has 0 aliphatic heterocycles. The fourth-order valence-electron chi connectivity index (χ4n) is 2.05. The number of methoxy groups -OCH3 is 1. The summed E-state index contributed by atoms with van der Waals surface area (Å²) in [5, 5.41) is 0. The second-order valence-electron chi connectivity index (χ2n) is 4.70. The quantitative estimate of drug-likeness (QED) is 0.475. The summed E-state index contributed by atoms with van der Waals surface area (Å²) in [7, 11) is -0.274. The first kappa shape index (κ1) is 17.2. The lowest BCUT2D eigenvalue weighted by Gasteiger charge is -2.12. The highest BCUT2D eigenvalue weighted by atomic mass is 19.2. The molecular weight excluding hydrogens is 328 g/mol. The molecule has 0 saturated carbocycles. The minimum Gasteiger partial charge on any atom is -0.494 e. The Morgan fingerprint density at radius 1 is 0.739 bits per heavy atom. The van der Waals surface area contributed by atoms with Crippen molar-refractivity contribution in [3.63, 3.8) is 0 Å². The molecule has 2 aromatic carbocycles. The summed E-state index contributed by atoms with van der Waals surface area (Å²) in [6.45, 7) is 0.799. The normalized spacial score (nSPS) is 10.8. The van der Waals surface area contributed by atoms with Gasteiger partial charge in [-0.2, -0.15) is 0 Å². The third-order valence-corrected chi connectivity index (χ3v) is 3.36. The molecule has 0 unspecified atom stereocenters. The van der Waals surface area contributed by atoms with Crippen LogP contribution in [0.25, 0.3) is 0 Å². The summed E-state index contributed by atoms with van der Waals surface area (Å²) in [6.07, 6.45) is 0. The van der Waals surface area contributed by atoms with Gasteiger partial charge >= 0.3 is 0 Å². The molecule has 0 N–H and O–H groups in total. The van der Waals surface area contributed by atoms with Gasteiger partial charge in [-0.05, 0) is 17.8 Å². The maximum absolute atomic E-state index is 14.0. The van der Waals surface area contributed by atoms with Gasteiger partial charge in [0.1, 0.15) is 0 Å². The zero-order valence-electron chi connectivity index (χ0n) is 11.8. The van der Waals surface area contributed by atoms with Gasteiger partial charge in [0.15, 0.2) is 46.5 Å². The van der Waals surface area contributed by atoms with E-state index in [0.717, 1.165) is 14.0 Å². The number of halogens is 7. The fraction of sp³-hybridized carbons (Fsp3) is 0.143. The van der Waals surface area contributed by atoms with Gasteiger partial charge in [0.05, 0.1) is 7.11 Å². The van der Waals surface area contributed by atoms with Crippen LogP contribution in [0, 0.1) is 47.6 Å². The third-order valence-electron chi connectivity index (χ3n) is 3.36. The predicted molar refractivity (Wildman–Crippen MR) is 70.3 cm³/mol. The molecule has 0 atom stereocenters. The van der Waals surface area contributed by atoms with Gasteiger partial charge in [0, 0.05) is 11.6 Å². The van der Waals surface area contributed by atoms with Gasteiger partial charge in [-0.25, -0.2) is 30.7 Å². The smallest absolute Gasteiger partial charge is 0.208 e. The highest BCUT2D eigenvalue weighted by molar-refractivity contribution is 6.67. The van der Waals surface area contributed by atoms with E-state index in [9.17, 15) is 30.7 Å². The van der Waals surface area contributed by atoms with Crippen LogP contribution in [-0.4, -0.2) is 14.4 Å². The van der Waals surface area contributed by atoms with E-state index in [1.165, 1.54) is 0 Å². The molecule has 0 heterocycles. The van der Waals surface area contributed by atoms with Crippen molar-refractivity contribution in [2.75, 3.05) is 7.11 Å². The Kier molecular flexibility index (Phi) is 4.58. The second-order valence-corrected chi connectivity index (χ2v) is 4.70. The molecule has 122 valence electrons. The Morgan fingerprint density at radius 2 is 1.22 bits per heavy atom. The number of rotatable bonds is 3. The van der Waals surface area contributed by atoms with E-state index in [1.54, 1.807) is 0 Å². The Balaban J connectivity index is 2.68. The molecule has 0 saturated heterocycles. The molecule has 1 nitrogen and oxygen atoms in total. The van der Waals surface area contributed by atoms with Gasteiger partial charge in [0.25, 0.3) is 0 Å². The number of ether oxygens (including phenoxy) is 1. The summed E-state index contributed by atoms with van der Waals surface area (Å²) >= 11 is 0. The molecule has 23 heavy (non-hydrogen) atoms. The Bertz CT molecular complexity index is 763. The third kappa shape index (κ3) is 2.75. The lowest BCUT2D eigenvalue weighted by molar-refractivity contribution is 0.379. The van der Waals surface area contributed by atoms with Crippen molar-refractivity contribution < 1.29 is 35.5 Å². The molecule has 0 amide bonds. The topological polar surface area (TPSA) is 9.23 Å². The van der Waals surface area contributed by atoms with Crippen LogP contribution >= 0.6 is 0 Å². The van der Waals surface area contributed by atoms with E-state index in [4.69, 9.17) is 0 Å². The van der Waals surface area contributed by atoms with Gasteiger partial charge in [-0.15, -0.1) is 0 Å². The number of benzene rings is 2. The minimum atomic E-state index is -1.80. The number of hydrogen-bond acceptors (Lipinski definition) is 1. The molecule has 0 bridgehead atoms. The average molecular weight is 336 g/mol. The van der Waals surface area contributed by atoms with Gasteiger partial charge in [-0.1, -0.05) is 0 Å². The molecule has 0 radical (unpaired) electrons. The largest absolute Gasteiger partial charge is 0.494 e. The highest BCUT2D eigenvalue weighted by Crippen LogP contribution is 2.20. The first-order valence-electron chi connectivity index (χ1n) is 6.22. The molecule has 0 aromatic heterocycles. The maximum Gasteiger partial charge on any atom is 0.208 e. The minimum absolute atomic E-state index is 0.400. The standard InChI is InChI=1S/C14H8BF7O/c1-4-9(17)13(21)8(14(22)10(4)18)15-7-11(19)5(16)3-6(23-2)12(7)20/h3,15H,1-2H3. The molecule has 0 aliphatic rings. The summed E-state index contributed by atoms with van der Waals surface area (Å²) in [5.41, 5.74) is -3.28. The van der Waals surface area contributed by atoms with Gasteiger partial charge < -0.3 is 4.74 Å². The van der Waals surface area contributed by atoms with Crippen LogP contribution in [0.4, 0.5) is 30.7 Å². The van der Waals surface area contributed by atoms with Gasteiger partial charge in [0.2, 0.25) is 7.28 Å². The van der Waals surface area contributed by atoms with Crippen LogP contribution in [0.3, 0.4) is 0 Å². The number of hydrogen-bond donors (Lipinski definition) is 0. The Hall–Kier alpha value is -2.19. The predicted octanol–water partition coefficient (Wildman–Crippen LogP) is 2.36. The monoisotopic (exact) mass is 336 g/mol. The van der Waals surface area contributed by atoms with Crippen molar-refractivity contribution in [3.05, 3.63) is 52.4 Å². The molecule has 2 rings (SSSR count). The van der Waals surface area contributed by atoms with Crippen molar-refractivity contribution in [2.24, 2.45) is 0 Å². The van der Waals surface area contributed by atoms with Crippen LogP contribution in [0.15, 0.2) is 6.07 Å². The summed E-state index contributed by atoms with van der Waals surface area (Å²) in [6, 6.07) is 0.400. The average Bonchev–Trinajstić information content (AvgIpc) is 2.53. The first-order chi connectivity index (χ1) is 10.7. The summed E-state index contributed by atoms with van der Waals surface area (Å²) in [4.78, 5) is 0. The summed E-state index contributed by atoms with van der Waals surface area (Å²) < 4.78 is 100. The zero-order chi connectivity index (χ0) is 17.5. The van der Waals surface area contributed by atoms with Crippen LogP contribution in [0.1, 0.15) is 5.56 Å². The SMILES string of the molecule is COc1cc(F)c(F)c(Bc2c(F)c(F)c(C)c(F)c2F)c1F. The molecule has 9 heteroatoms. The van der Waals surface area contributed by atoms with E-state index >= 15 is 0 Å². The van der Waals surface area contributed by atoms with Crippen LogP contribution in [-0.2, 0) is 0 Å². The van der Waals surface area contributed by atoms with Crippen molar-refractivity contribution in [2.45, 2.75) is 6.92 Å². The fourth-order valence-corrected chi connectivity index (χ4v) is 2.05. The van der Waals surface area contributed by atoms with E-state index in [2.05, 4.69) is 4.74 Å². The zero-order valence-corrected chi connectivity index (χ0v) is 11.8. The molecular formula is C14H8BF7O. The summed E-state index contributed by atoms with van der Waals surface area (Å²) in [5.74, 6) is -12.4. The van der Waals surface area contributed by atoms with Crippen molar-refractivity contribution in [1.29, 1.82) is 0 Å². The van der Waals surface area contributed by atoms with Crippen molar-refractivity contribution in [3.8, 4) is 5.75 Å². The molecule has 0 aliphatic carbocycles. The Morgan fingerprint density at radius 3 is 1.70 bits per heavy atom. The van der Waals surface area contributed by atoms with Gasteiger partial charge in [-0.3, -0.25) is 0 Å². The second kappa shape index (κ2) is 6.13. The van der Waals surface area contributed by atoms with E-state index < -0.39 is 70.2 Å². The highest BCUT2D eigenvalue weighted by Gasteiger charge is 2.28. The van der Waals surface area contributed by atoms with Crippen molar-refractivity contribution >= 4 is 18.2 Å². The van der Waals surface area contributed by atoms with Crippen molar-refractivity contribution in [1.82, 2.24) is 0 Å². The molecule has 2 aromatic rings. The van der Waals surface area contributed by atoms with Crippen LogP contribution in [0.2, 0.25) is 0 Å². The lowest BCUT2D eigenvalue weighted by Crippen LogP contribution is -2.38.